The molecule has 0 atom stereocenters. The molecule has 2 rings (SSSR count). The standard InChI is InChI=1S/C11H9NOS/c12-11(13)6-5-8-7-14-10-4-2-1-3-9(8)10/h1-7H,(H2,12,13). The Morgan fingerprint density at radius 3 is 2.93 bits per heavy atom. The third-order valence-corrected chi connectivity index (χ3v) is 2.92. The molecule has 1 aromatic carbocycles. The highest BCUT2D eigenvalue weighted by Gasteiger charge is 1.99. The lowest BCUT2D eigenvalue weighted by Crippen LogP contribution is -2.04. The molecule has 2 nitrogen and oxygen atoms in total. The number of hydrogen-bond acceptors (Lipinski definition) is 2. The number of thiophene rings is 1. The van der Waals surface area contributed by atoms with Gasteiger partial charge in [-0.25, -0.2) is 0 Å². The Kier molecular flexibility index (Phi) is 2.33. The molecule has 0 unspecified atom stereocenters. The van der Waals surface area contributed by atoms with Crippen molar-refractivity contribution < 1.29 is 4.79 Å². The van der Waals surface area contributed by atoms with E-state index in [1.54, 1.807) is 17.4 Å². The Morgan fingerprint density at radius 2 is 2.14 bits per heavy atom. The zero-order valence-electron chi connectivity index (χ0n) is 7.44. The van der Waals surface area contributed by atoms with Gasteiger partial charge >= 0.3 is 0 Å². The summed E-state index contributed by atoms with van der Waals surface area (Å²) in [7, 11) is 0. The van der Waals surface area contributed by atoms with E-state index in [1.807, 2.05) is 23.6 Å². The highest BCUT2D eigenvalue weighted by Crippen LogP contribution is 2.26. The largest absolute Gasteiger partial charge is 0.366 e. The SMILES string of the molecule is NC(=O)C=Cc1csc2ccccc12. The molecule has 1 aromatic heterocycles. The molecule has 0 bridgehead atoms. The third-order valence-electron chi connectivity index (χ3n) is 1.94. The summed E-state index contributed by atoms with van der Waals surface area (Å²) >= 11 is 1.66. The van der Waals surface area contributed by atoms with Gasteiger partial charge in [0.05, 0.1) is 0 Å². The molecule has 0 saturated carbocycles. The van der Waals surface area contributed by atoms with Gasteiger partial charge in [-0.15, -0.1) is 11.3 Å². The predicted molar refractivity (Wildman–Crippen MR) is 60.1 cm³/mol. The molecule has 14 heavy (non-hydrogen) atoms. The van der Waals surface area contributed by atoms with Crippen LogP contribution in [0.1, 0.15) is 5.56 Å². The summed E-state index contributed by atoms with van der Waals surface area (Å²) < 4.78 is 1.22. The van der Waals surface area contributed by atoms with E-state index in [4.69, 9.17) is 5.73 Å². The van der Waals surface area contributed by atoms with E-state index in [-0.39, 0.29) is 0 Å². The molecule has 70 valence electrons. The van der Waals surface area contributed by atoms with Crippen LogP contribution in [0.15, 0.2) is 35.7 Å². The molecule has 0 aliphatic rings. The second kappa shape index (κ2) is 3.64. The fraction of sp³-hybridized carbons (Fsp3) is 0. The van der Waals surface area contributed by atoms with Crippen LogP contribution in [0.5, 0.6) is 0 Å². The summed E-state index contributed by atoms with van der Waals surface area (Å²) in [5, 5.41) is 3.18. The van der Waals surface area contributed by atoms with Gasteiger partial charge in [-0.2, -0.15) is 0 Å². The topological polar surface area (TPSA) is 43.1 Å². The molecular formula is C11H9NOS. The van der Waals surface area contributed by atoms with Crippen LogP contribution in [-0.4, -0.2) is 5.91 Å². The predicted octanol–water partition coefficient (Wildman–Crippen LogP) is 2.40. The minimum absolute atomic E-state index is 0.416. The number of nitrogens with two attached hydrogens (primary N) is 1. The average Bonchev–Trinajstić information content (AvgIpc) is 2.58. The number of benzene rings is 1. The van der Waals surface area contributed by atoms with Crippen LogP contribution < -0.4 is 5.73 Å². The van der Waals surface area contributed by atoms with Crippen LogP contribution in [0.3, 0.4) is 0 Å². The number of hydrogen-bond donors (Lipinski definition) is 1. The molecule has 0 fully saturated rings. The second-order valence-electron chi connectivity index (χ2n) is 2.92. The van der Waals surface area contributed by atoms with Crippen molar-refractivity contribution in [1.82, 2.24) is 0 Å². The van der Waals surface area contributed by atoms with Gasteiger partial charge in [-0.1, -0.05) is 18.2 Å². The first kappa shape index (κ1) is 8.97. The maximum absolute atomic E-state index is 10.6. The third kappa shape index (κ3) is 1.67. The first-order valence-electron chi connectivity index (χ1n) is 4.21. The highest BCUT2D eigenvalue weighted by molar-refractivity contribution is 7.17. The van der Waals surface area contributed by atoms with Gasteiger partial charge in [0.15, 0.2) is 0 Å². The van der Waals surface area contributed by atoms with Crippen molar-refractivity contribution in [1.29, 1.82) is 0 Å². The number of fused-ring (bicyclic) bond motifs is 1. The van der Waals surface area contributed by atoms with E-state index in [2.05, 4.69) is 6.07 Å². The minimum Gasteiger partial charge on any atom is -0.366 e. The molecule has 3 heteroatoms. The van der Waals surface area contributed by atoms with Gasteiger partial charge in [-0.3, -0.25) is 4.79 Å². The summed E-state index contributed by atoms with van der Waals surface area (Å²) in [6.45, 7) is 0. The van der Waals surface area contributed by atoms with Gasteiger partial charge in [0.1, 0.15) is 0 Å². The van der Waals surface area contributed by atoms with E-state index in [0.717, 1.165) is 10.9 Å². The molecule has 2 aromatic rings. The number of carbonyl (C=O) groups is 1. The van der Waals surface area contributed by atoms with Crippen LogP contribution in [-0.2, 0) is 4.79 Å². The van der Waals surface area contributed by atoms with Crippen molar-refractivity contribution >= 4 is 33.4 Å². The number of carbonyl (C=O) groups excluding carboxylic acids is 1. The summed E-state index contributed by atoms with van der Waals surface area (Å²) in [5.74, 6) is -0.416. The lowest BCUT2D eigenvalue weighted by molar-refractivity contribution is -0.113. The molecule has 0 radical (unpaired) electrons. The molecule has 0 spiro atoms. The van der Waals surface area contributed by atoms with Crippen molar-refractivity contribution in [2.75, 3.05) is 0 Å². The zero-order chi connectivity index (χ0) is 9.97. The van der Waals surface area contributed by atoms with Crippen LogP contribution in [0, 0.1) is 0 Å². The Bertz CT molecular complexity index is 499. The molecule has 0 aliphatic heterocycles. The van der Waals surface area contributed by atoms with Crippen molar-refractivity contribution in [3.8, 4) is 0 Å². The molecule has 2 N–H and O–H groups in total. The quantitative estimate of drug-likeness (QED) is 0.748. The maximum Gasteiger partial charge on any atom is 0.241 e. The normalized spacial score (nSPS) is 11.1. The average molecular weight is 203 g/mol. The summed E-state index contributed by atoms with van der Waals surface area (Å²) in [6, 6.07) is 8.07. The van der Waals surface area contributed by atoms with Gasteiger partial charge in [0.2, 0.25) is 5.91 Å². The summed E-state index contributed by atoms with van der Waals surface area (Å²) in [5.41, 5.74) is 6.08. The zero-order valence-corrected chi connectivity index (χ0v) is 8.25. The number of rotatable bonds is 2. The van der Waals surface area contributed by atoms with E-state index < -0.39 is 5.91 Å². The van der Waals surface area contributed by atoms with Crippen molar-refractivity contribution in [2.24, 2.45) is 5.73 Å². The molecule has 0 aliphatic carbocycles. The Labute approximate surface area is 85.7 Å². The Morgan fingerprint density at radius 1 is 1.36 bits per heavy atom. The molecule has 1 heterocycles. The van der Waals surface area contributed by atoms with Crippen LogP contribution in [0.2, 0.25) is 0 Å². The van der Waals surface area contributed by atoms with Gasteiger partial charge in [0, 0.05) is 10.8 Å². The lowest BCUT2D eigenvalue weighted by atomic mass is 10.1. The fourth-order valence-corrected chi connectivity index (χ4v) is 2.23. The Balaban J connectivity index is 2.48. The minimum atomic E-state index is -0.416. The summed E-state index contributed by atoms with van der Waals surface area (Å²) in [6.07, 6.45) is 3.13. The van der Waals surface area contributed by atoms with E-state index >= 15 is 0 Å². The van der Waals surface area contributed by atoms with Gasteiger partial charge in [0.25, 0.3) is 0 Å². The molecular weight excluding hydrogens is 194 g/mol. The summed E-state index contributed by atoms with van der Waals surface area (Å²) in [4.78, 5) is 10.6. The van der Waals surface area contributed by atoms with Gasteiger partial charge in [-0.05, 0) is 28.5 Å². The van der Waals surface area contributed by atoms with E-state index in [9.17, 15) is 4.79 Å². The van der Waals surface area contributed by atoms with Crippen LogP contribution in [0.25, 0.3) is 16.2 Å². The first-order valence-corrected chi connectivity index (χ1v) is 5.09. The second-order valence-corrected chi connectivity index (χ2v) is 3.83. The molecule has 0 saturated heterocycles. The smallest absolute Gasteiger partial charge is 0.241 e. The van der Waals surface area contributed by atoms with Gasteiger partial charge < -0.3 is 5.73 Å². The maximum atomic E-state index is 10.6. The van der Waals surface area contributed by atoms with Crippen molar-refractivity contribution in [2.45, 2.75) is 0 Å². The van der Waals surface area contributed by atoms with E-state index in [0.29, 0.717) is 0 Å². The first-order chi connectivity index (χ1) is 6.77. The highest BCUT2D eigenvalue weighted by atomic mass is 32.1. The fourth-order valence-electron chi connectivity index (χ4n) is 1.30. The molecule has 1 amide bonds. The van der Waals surface area contributed by atoms with Crippen molar-refractivity contribution in [3.05, 3.63) is 41.3 Å². The Hall–Kier alpha value is -1.61. The van der Waals surface area contributed by atoms with Crippen LogP contribution in [0.4, 0.5) is 0 Å². The van der Waals surface area contributed by atoms with Crippen molar-refractivity contribution in [3.63, 3.8) is 0 Å². The van der Waals surface area contributed by atoms with Crippen LogP contribution >= 0.6 is 11.3 Å². The number of primary amides is 1. The lowest BCUT2D eigenvalue weighted by Gasteiger charge is -1.89. The monoisotopic (exact) mass is 203 g/mol. The number of amides is 1. The van der Waals surface area contributed by atoms with E-state index in [1.165, 1.54) is 10.8 Å².